The van der Waals surface area contributed by atoms with Gasteiger partial charge in [-0.05, 0) is 24.1 Å². The molecule has 7 heteroatoms. The lowest BCUT2D eigenvalue weighted by Crippen LogP contribution is -2.35. The number of nitrogen functional groups attached to an aromatic ring is 1. The minimum Gasteiger partial charge on any atom is -0.398 e. The van der Waals surface area contributed by atoms with E-state index in [0.29, 0.717) is 11.6 Å². The van der Waals surface area contributed by atoms with Crippen molar-refractivity contribution in [2.45, 2.75) is 25.2 Å². The van der Waals surface area contributed by atoms with Crippen molar-refractivity contribution in [3.8, 4) is 6.07 Å². The predicted molar refractivity (Wildman–Crippen MR) is 79.7 cm³/mol. The smallest absolute Gasteiger partial charge is 0.245 e. The molecule has 0 aliphatic rings. The van der Waals surface area contributed by atoms with Crippen molar-refractivity contribution in [3.63, 3.8) is 0 Å². The number of sulfonamides is 1. The zero-order valence-corrected chi connectivity index (χ0v) is 13.1. The van der Waals surface area contributed by atoms with E-state index in [1.54, 1.807) is 0 Å². The Hall–Kier alpha value is -1.29. The summed E-state index contributed by atoms with van der Waals surface area (Å²) in [5, 5.41) is 9.05. The van der Waals surface area contributed by atoms with Gasteiger partial charge in [-0.2, -0.15) is 9.57 Å². The molecule has 0 saturated heterocycles. The SMILES string of the molecule is CC(C)CN(CCC#N)S(=O)(=O)c1ccc(Cl)cc1N. The first kappa shape index (κ1) is 16.8. The lowest BCUT2D eigenvalue weighted by atomic mass is 10.2. The highest BCUT2D eigenvalue weighted by Gasteiger charge is 2.26. The fraction of sp³-hybridized carbons (Fsp3) is 0.462. The van der Waals surface area contributed by atoms with Gasteiger partial charge in [0, 0.05) is 24.5 Å². The quantitative estimate of drug-likeness (QED) is 0.817. The summed E-state index contributed by atoms with van der Waals surface area (Å²) in [5.74, 6) is 0.150. The van der Waals surface area contributed by atoms with E-state index >= 15 is 0 Å². The van der Waals surface area contributed by atoms with Gasteiger partial charge in [0.1, 0.15) is 4.90 Å². The summed E-state index contributed by atoms with van der Waals surface area (Å²) >= 11 is 5.78. The van der Waals surface area contributed by atoms with E-state index in [9.17, 15) is 8.42 Å². The Morgan fingerprint density at radius 2 is 2.10 bits per heavy atom. The lowest BCUT2D eigenvalue weighted by molar-refractivity contribution is 0.373. The number of hydrogen-bond acceptors (Lipinski definition) is 4. The molecule has 0 bridgehead atoms. The number of benzene rings is 1. The number of hydrogen-bond donors (Lipinski definition) is 1. The minimum absolute atomic E-state index is 0.0282. The molecular weight excluding hydrogens is 298 g/mol. The third-order valence-electron chi connectivity index (χ3n) is 2.63. The van der Waals surface area contributed by atoms with Gasteiger partial charge < -0.3 is 5.73 Å². The van der Waals surface area contributed by atoms with Gasteiger partial charge in [0.15, 0.2) is 0 Å². The minimum atomic E-state index is -3.72. The van der Waals surface area contributed by atoms with Gasteiger partial charge in [0.05, 0.1) is 11.8 Å². The van der Waals surface area contributed by atoms with Gasteiger partial charge in [0.25, 0.3) is 0 Å². The number of anilines is 1. The van der Waals surface area contributed by atoms with Crippen LogP contribution in [0.4, 0.5) is 5.69 Å². The number of rotatable bonds is 6. The maximum atomic E-state index is 12.6. The van der Waals surface area contributed by atoms with Crippen molar-refractivity contribution in [1.29, 1.82) is 5.26 Å². The fourth-order valence-electron chi connectivity index (χ4n) is 1.78. The first-order chi connectivity index (χ1) is 9.28. The molecule has 0 aromatic heterocycles. The highest BCUT2D eigenvalue weighted by atomic mass is 35.5. The second kappa shape index (κ2) is 6.93. The van der Waals surface area contributed by atoms with E-state index in [1.165, 1.54) is 22.5 Å². The monoisotopic (exact) mass is 315 g/mol. The first-order valence-electron chi connectivity index (χ1n) is 6.21. The average molecular weight is 316 g/mol. The molecule has 0 spiro atoms. The summed E-state index contributed by atoms with van der Waals surface area (Å²) in [5.41, 5.74) is 5.86. The Labute approximate surface area is 125 Å². The molecule has 0 fully saturated rings. The molecule has 0 aliphatic carbocycles. The van der Waals surface area contributed by atoms with Crippen LogP contribution in [0.3, 0.4) is 0 Å². The second-order valence-electron chi connectivity index (χ2n) is 4.85. The summed E-state index contributed by atoms with van der Waals surface area (Å²) in [7, 11) is -3.72. The van der Waals surface area contributed by atoms with Crippen molar-refractivity contribution in [1.82, 2.24) is 4.31 Å². The van der Waals surface area contributed by atoms with Gasteiger partial charge in [-0.25, -0.2) is 8.42 Å². The molecule has 0 unspecified atom stereocenters. The largest absolute Gasteiger partial charge is 0.398 e. The van der Waals surface area contributed by atoms with E-state index in [0.717, 1.165) is 0 Å². The van der Waals surface area contributed by atoms with E-state index in [4.69, 9.17) is 22.6 Å². The van der Waals surface area contributed by atoms with Crippen LogP contribution in [-0.4, -0.2) is 25.8 Å². The fourth-order valence-corrected chi connectivity index (χ4v) is 3.67. The van der Waals surface area contributed by atoms with Crippen LogP contribution in [0, 0.1) is 17.2 Å². The van der Waals surface area contributed by atoms with Crippen LogP contribution >= 0.6 is 11.6 Å². The van der Waals surface area contributed by atoms with Crippen molar-refractivity contribution >= 4 is 27.3 Å². The first-order valence-corrected chi connectivity index (χ1v) is 8.03. The van der Waals surface area contributed by atoms with Crippen molar-refractivity contribution in [3.05, 3.63) is 23.2 Å². The molecule has 5 nitrogen and oxygen atoms in total. The van der Waals surface area contributed by atoms with Crippen LogP contribution < -0.4 is 5.73 Å². The van der Waals surface area contributed by atoms with Crippen LogP contribution in [0.1, 0.15) is 20.3 Å². The number of halogens is 1. The molecule has 0 saturated carbocycles. The highest BCUT2D eigenvalue weighted by Crippen LogP contribution is 2.26. The van der Waals surface area contributed by atoms with Crippen LogP contribution in [-0.2, 0) is 10.0 Å². The van der Waals surface area contributed by atoms with Gasteiger partial charge >= 0.3 is 0 Å². The van der Waals surface area contributed by atoms with E-state index in [1.807, 2.05) is 19.9 Å². The van der Waals surface area contributed by atoms with E-state index < -0.39 is 10.0 Å². The van der Waals surface area contributed by atoms with E-state index in [-0.39, 0.29) is 29.5 Å². The maximum Gasteiger partial charge on any atom is 0.245 e. The molecule has 2 N–H and O–H groups in total. The molecule has 0 radical (unpaired) electrons. The molecule has 0 amide bonds. The van der Waals surface area contributed by atoms with Crippen LogP contribution in [0.15, 0.2) is 23.1 Å². The molecule has 1 rings (SSSR count). The normalized spacial score (nSPS) is 11.8. The van der Waals surface area contributed by atoms with Crippen LogP contribution in [0.2, 0.25) is 5.02 Å². The predicted octanol–water partition coefficient (Wildman–Crippen LogP) is 2.48. The van der Waals surface area contributed by atoms with Crippen LogP contribution in [0.5, 0.6) is 0 Å². The Kier molecular flexibility index (Phi) is 5.81. The summed E-state index contributed by atoms with van der Waals surface area (Å²) in [6.07, 6.45) is 0.138. The Balaban J connectivity index is 3.18. The topological polar surface area (TPSA) is 87.2 Å². The number of nitrogens with two attached hydrogens (primary N) is 1. The van der Waals surface area contributed by atoms with Gasteiger partial charge in [-0.1, -0.05) is 25.4 Å². The van der Waals surface area contributed by atoms with Crippen LogP contribution in [0.25, 0.3) is 0 Å². The highest BCUT2D eigenvalue weighted by molar-refractivity contribution is 7.89. The molecule has 0 heterocycles. The molecule has 0 atom stereocenters. The lowest BCUT2D eigenvalue weighted by Gasteiger charge is -2.23. The maximum absolute atomic E-state index is 12.6. The third kappa shape index (κ3) is 4.10. The summed E-state index contributed by atoms with van der Waals surface area (Å²) in [6.45, 7) is 4.32. The van der Waals surface area contributed by atoms with Crippen molar-refractivity contribution < 1.29 is 8.42 Å². The van der Waals surface area contributed by atoms with Crippen molar-refractivity contribution in [2.24, 2.45) is 5.92 Å². The molecular formula is C13H18ClN3O2S. The molecule has 1 aromatic rings. The Morgan fingerprint density at radius 1 is 1.45 bits per heavy atom. The Morgan fingerprint density at radius 3 is 2.60 bits per heavy atom. The second-order valence-corrected chi connectivity index (χ2v) is 7.19. The summed E-state index contributed by atoms with van der Waals surface area (Å²) in [6, 6.07) is 6.25. The number of nitriles is 1. The number of nitrogens with zero attached hydrogens (tertiary/aromatic N) is 2. The summed E-state index contributed by atoms with van der Waals surface area (Å²) in [4.78, 5) is 0.0282. The zero-order chi connectivity index (χ0) is 15.3. The Bertz CT molecular complexity index is 609. The van der Waals surface area contributed by atoms with Gasteiger partial charge in [-0.15, -0.1) is 0 Å². The average Bonchev–Trinajstić information content (AvgIpc) is 2.33. The zero-order valence-electron chi connectivity index (χ0n) is 11.5. The molecule has 20 heavy (non-hydrogen) atoms. The molecule has 110 valence electrons. The van der Waals surface area contributed by atoms with Gasteiger partial charge in [0.2, 0.25) is 10.0 Å². The molecule has 0 aliphatic heterocycles. The van der Waals surface area contributed by atoms with Crippen molar-refractivity contribution in [2.75, 3.05) is 18.8 Å². The standard InChI is InChI=1S/C13H18ClN3O2S/c1-10(2)9-17(7-3-6-15)20(18,19)13-5-4-11(14)8-12(13)16/h4-5,8,10H,3,7,9,16H2,1-2H3. The molecule has 1 aromatic carbocycles. The van der Waals surface area contributed by atoms with Gasteiger partial charge in [-0.3, -0.25) is 0 Å². The summed E-state index contributed by atoms with van der Waals surface area (Å²) < 4.78 is 26.5. The van der Waals surface area contributed by atoms with E-state index in [2.05, 4.69) is 0 Å². The third-order valence-corrected chi connectivity index (χ3v) is 4.81.